The Morgan fingerprint density at radius 2 is 1.97 bits per heavy atom. The molecule has 3 heterocycles. The van der Waals surface area contributed by atoms with E-state index in [1.165, 1.54) is 22.2 Å². The van der Waals surface area contributed by atoms with E-state index in [1.54, 1.807) is 23.5 Å². The summed E-state index contributed by atoms with van der Waals surface area (Å²) >= 11 is 3.12. The van der Waals surface area contributed by atoms with E-state index in [-0.39, 0.29) is 18.0 Å². The third-order valence-electron chi connectivity index (χ3n) is 5.46. The second kappa shape index (κ2) is 10.3. The number of amides is 1. The highest BCUT2D eigenvalue weighted by Gasteiger charge is 2.22. The maximum atomic E-state index is 12.9. The number of benzene rings is 2. The normalized spacial score (nSPS) is 13.1. The lowest BCUT2D eigenvalue weighted by Gasteiger charge is -2.14. The molecular weight excluding hydrogens is 468 g/mol. The van der Waals surface area contributed by atoms with E-state index in [9.17, 15) is 4.79 Å². The number of carbonyl (C=O) groups excluding carboxylic acids is 1. The number of hydrogen-bond acceptors (Lipinski definition) is 7. The first kappa shape index (κ1) is 22.5. The van der Waals surface area contributed by atoms with Crippen molar-refractivity contribution in [2.75, 3.05) is 12.1 Å². The summed E-state index contributed by atoms with van der Waals surface area (Å²) in [5, 5.41) is 14.3. The van der Waals surface area contributed by atoms with Crippen molar-refractivity contribution in [3.63, 3.8) is 0 Å². The van der Waals surface area contributed by atoms with Gasteiger partial charge in [0.1, 0.15) is 5.82 Å². The number of nitrogens with one attached hydrogen (secondary N) is 1. The number of aromatic nitrogens is 3. The van der Waals surface area contributed by atoms with Crippen LogP contribution in [0.4, 0.5) is 5.69 Å². The standard InChI is InChI=1S/C25H24N4O3S2/c1-17(24(30)26-19-9-10-21-22(14-19)32-16-31-21)34-25-28-27-23(15-20-8-5-13-33-20)29(25)12-11-18-6-3-2-4-7-18/h2-10,13-14,17H,11-12,15-16H2,1H3,(H,26,30). The van der Waals surface area contributed by atoms with Gasteiger partial charge in [-0.15, -0.1) is 21.5 Å². The lowest BCUT2D eigenvalue weighted by atomic mass is 10.1. The Bertz CT molecular complexity index is 1260. The molecule has 7 nitrogen and oxygen atoms in total. The van der Waals surface area contributed by atoms with Gasteiger partial charge in [-0.25, -0.2) is 0 Å². The van der Waals surface area contributed by atoms with Crippen LogP contribution >= 0.6 is 23.1 Å². The van der Waals surface area contributed by atoms with E-state index in [0.29, 0.717) is 17.2 Å². The molecule has 0 radical (unpaired) electrons. The van der Waals surface area contributed by atoms with E-state index < -0.39 is 0 Å². The van der Waals surface area contributed by atoms with Crippen LogP contribution in [0.15, 0.2) is 71.2 Å². The third-order valence-corrected chi connectivity index (χ3v) is 7.42. The predicted octanol–water partition coefficient (Wildman–Crippen LogP) is 5.02. The SMILES string of the molecule is CC(Sc1nnc(Cc2cccs2)n1CCc1ccccc1)C(=O)Nc1ccc2c(c1)OCO2. The van der Waals surface area contributed by atoms with Gasteiger partial charge >= 0.3 is 0 Å². The quantitative estimate of drug-likeness (QED) is 0.331. The Morgan fingerprint density at radius 3 is 2.79 bits per heavy atom. The molecule has 34 heavy (non-hydrogen) atoms. The number of carbonyl (C=O) groups is 1. The first-order chi connectivity index (χ1) is 16.7. The average molecular weight is 493 g/mol. The summed E-state index contributed by atoms with van der Waals surface area (Å²) in [5.74, 6) is 2.12. The molecular formula is C25H24N4O3S2. The fraction of sp³-hybridized carbons (Fsp3) is 0.240. The zero-order valence-electron chi connectivity index (χ0n) is 18.6. The largest absolute Gasteiger partial charge is 0.454 e. The molecule has 1 unspecified atom stereocenters. The molecule has 2 aromatic heterocycles. The van der Waals surface area contributed by atoms with Gasteiger partial charge < -0.3 is 19.4 Å². The molecule has 1 atom stereocenters. The Balaban J connectivity index is 1.30. The van der Waals surface area contributed by atoms with Gasteiger partial charge in [-0.3, -0.25) is 4.79 Å². The summed E-state index contributed by atoms with van der Waals surface area (Å²) < 4.78 is 12.9. The highest BCUT2D eigenvalue weighted by molar-refractivity contribution is 8.00. The molecule has 1 N–H and O–H groups in total. The van der Waals surface area contributed by atoms with Crippen molar-refractivity contribution >= 4 is 34.7 Å². The molecule has 0 saturated carbocycles. The second-order valence-corrected chi connectivity index (χ2v) is 10.2. The summed E-state index contributed by atoms with van der Waals surface area (Å²) in [6.45, 7) is 2.82. The van der Waals surface area contributed by atoms with Gasteiger partial charge in [0, 0.05) is 29.6 Å². The number of thiophene rings is 1. The monoisotopic (exact) mass is 492 g/mol. The summed E-state index contributed by atoms with van der Waals surface area (Å²) in [6, 6.07) is 19.9. The van der Waals surface area contributed by atoms with Crippen LogP contribution < -0.4 is 14.8 Å². The fourth-order valence-corrected chi connectivity index (χ4v) is 5.24. The van der Waals surface area contributed by atoms with Crippen LogP contribution in [0, 0.1) is 0 Å². The molecule has 5 rings (SSSR count). The van der Waals surface area contributed by atoms with Crippen LogP contribution in [0.2, 0.25) is 0 Å². The third kappa shape index (κ3) is 5.26. The summed E-state index contributed by atoms with van der Waals surface area (Å²) in [4.78, 5) is 14.1. The highest BCUT2D eigenvalue weighted by Crippen LogP contribution is 2.34. The number of ether oxygens (including phenoxy) is 2. The highest BCUT2D eigenvalue weighted by atomic mass is 32.2. The number of aryl methyl sites for hydroxylation is 1. The van der Waals surface area contributed by atoms with Crippen molar-refractivity contribution in [1.29, 1.82) is 0 Å². The van der Waals surface area contributed by atoms with Crippen LogP contribution in [0.1, 0.15) is 23.2 Å². The minimum Gasteiger partial charge on any atom is -0.454 e. The molecule has 2 aromatic carbocycles. The number of nitrogens with zero attached hydrogens (tertiary/aromatic N) is 3. The van der Waals surface area contributed by atoms with Crippen LogP contribution in [-0.2, 0) is 24.2 Å². The minimum atomic E-state index is -0.361. The van der Waals surface area contributed by atoms with Crippen molar-refractivity contribution < 1.29 is 14.3 Å². The van der Waals surface area contributed by atoms with Crippen LogP contribution in [-0.4, -0.2) is 32.7 Å². The van der Waals surface area contributed by atoms with E-state index in [4.69, 9.17) is 9.47 Å². The number of thioether (sulfide) groups is 1. The van der Waals surface area contributed by atoms with Crippen LogP contribution in [0.3, 0.4) is 0 Å². The van der Waals surface area contributed by atoms with E-state index in [1.807, 2.05) is 37.3 Å². The lowest BCUT2D eigenvalue weighted by molar-refractivity contribution is -0.115. The van der Waals surface area contributed by atoms with Gasteiger partial charge in [0.25, 0.3) is 0 Å². The van der Waals surface area contributed by atoms with Gasteiger partial charge in [0.15, 0.2) is 16.7 Å². The van der Waals surface area contributed by atoms with E-state index in [0.717, 1.165) is 30.4 Å². The smallest absolute Gasteiger partial charge is 0.237 e. The predicted molar refractivity (Wildman–Crippen MR) is 134 cm³/mol. The van der Waals surface area contributed by atoms with Crippen LogP contribution in [0.5, 0.6) is 11.5 Å². The van der Waals surface area contributed by atoms with Crippen LogP contribution in [0.25, 0.3) is 0 Å². The van der Waals surface area contributed by atoms with Crippen molar-refractivity contribution in [1.82, 2.24) is 14.8 Å². The topological polar surface area (TPSA) is 78.3 Å². The minimum absolute atomic E-state index is 0.110. The molecule has 4 aromatic rings. The van der Waals surface area contributed by atoms with Gasteiger partial charge in [-0.2, -0.15) is 0 Å². The van der Waals surface area contributed by atoms with Gasteiger partial charge in [0.05, 0.1) is 5.25 Å². The lowest BCUT2D eigenvalue weighted by Crippen LogP contribution is -2.23. The van der Waals surface area contributed by atoms with Crippen molar-refractivity contribution in [3.8, 4) is 11.5 Å². The van der Waals surface area contributed by atoms with Crippen molar-refractivity contribution in [2.45, 2.75) is 36.7 Å². The Kier molecular flexibility index (Phi) is 6.82. The van der Waals surface area contributed by atoms with Gasteiger partial charge in [0.2, 0.25) is 12.7 Å². The van der Waals surface area contributed by atoms with E-state index in [2.05, 4.69) is 43.7 Å². The number of anilines is 1. The zero-order chi connectivity index (χ0) is 23.3. The molecule has 174 valence electrons. The van der Waals surface area contributed by atoms with Gasteiger partial charge in [-0.1, -0.05) is 48.2 Å². The number of rotatable bonds is 9. The molecule has 0 aliphatic carbocycles. The maximum absolute atomic E-state index is 12.9. The number of hydrogen-bond donors (Lipinski definition) is 1. The molecule has 0 fully saturated rings. The zero-order valence-corrected chi connectivity index (χ0v) is 20.3. The molecule has 1 aliphatic heterocycles. The Hall–Kier alpha value is -3.30. The van der Waals surface area contributed by atoms with Crippen molar-refractivity contribution in [2.24, 2.45) is 0 Å². The summed E-state index contributed by atoms with van der Waals surface area (Å²) in [6.07, 6.45) is 1.58. The first-order valence-corrected chi connectivity index (χ1v) is 12.8. The first-order valence-electron chi connectivity index (χ1n) is 11.0. The molecule has 1 amide bonds. The summed E-state index contributed by atoms with van der Waals surface area (Å²) in [5.41, 5.74) is 1.92. The molecule has 1 aliphatic rings. The second-order valence-electron chi connectivity index (χ2n) is 7.86. The molecule has 0 saturated heterocycles. The Morgan fingerprint density at radius 1 is 1.12 bits per heavy atom. The van der Waals surface area contributed by atoms with Gasteiger partial charge in [-0.05, 0) is 42.5 Å². The molecule has 9 heteroatoms. The number of fused-ring (bicyclic) bond motifs is 1. The maximum Gasteiger partial charge on any atom is 0.237 e. The Labute approximate surface area is 206 Å². The summed E-state index contributed by atoms with van der Waals surface area (Å²) in [7, 11) is 0. The molecule has 0 bridgehead atoms. The molecule has 0 spiro atoms. The average Bonchev–Trinajstić information content (AvgIpc) is 3.61. The van der Waals surface area contributed by atoms with E-state index >= 15 is 0 Å². The van der Waals surface area contributed by atoms with Crippen molar-refractivity contribution in [3.05, 3.63) is 82.3 Å². The fourth-order valence-electron chi connectivity index (χ4n) is 3.65.